The van der Waals surface area contributed by atoms with Crippen LogP contribution in [-0.2, 0) is 4.79 Å². The maximum atomic E-state index is 11.9. The van der Waals surface area contributed by atoms with Gasteiger partial charge in [0.05, 0.1) is 0 Å². The lowest BCUT2D eigenvalue weighted by atomic mass is 10.0. The van der Waals surface area contributed by atoms with Gasteiger partial charge in [-0.15, -0.1) is 0 Å². The highest BCUT2D eigenvalue weighted by molar-refractivity contribution is 5.81. The Balaban J connectivity index is 2.64. The first-order chi connectivity index (χ1) is 8.24. The van der Waals surface area contributed by atoms with E-state index in [0.717, 1.165) is 26.1 Å². The van der Waals surface area contributed by atoms with Gasteiger partial charge >= 0.3 is 0 Å². The average molecular weight is 241 g/mol. The standard InChI is InChI=1S/C13H27N3O/c1-4-6-7-11(5-2)16-9-8-15-10-12(16)13(17)14-3/h11-12,15H,4-10H2,1-3H3,(H,14,17). The molecule has 0 bridgehead atoms. The maximum absolute atomic E-state index is 11.9. The molecule has 0 aromatic heterocycles. The second-order valence-electron chi connectivity index (χ2n) is 4.78. The first kappa shape index (κ1) is 14.5. The summed E-state index contributed by atoms with van der Waals surface area (Å²) in [4.78, 5) is 14.3. The van der Waals surface area contributed by atoms with Crippen LogP contribution in [0.25, 0.3) is 0 Å². The molecule has 17 heavy (non-hydrogen) atoms. The normalized spacial score (nSPS) is 23.4. The highest BCUT2D eigenvalue weighted by Crippen LogP contribution is 2.17. The zero-order chi connectivity index (χ0) is 12.7. The molecule has 0 aromatic carbocycles. The molecule has 1 saturated heterocycles. The molecular weight excluding hydrogens is 214 g/mol. The van der Waals surface area contributed by atoms with Crippen LogP contribution in [0.4, 0.5) is 0 Å². The van der Waals surface area contributed by atoms with Gasteiger partial charge in [-0.2, -0.15) is 0 Å². The van der Waals surface area contributed by atoms with Crippen LogP contribution >= 0.6 is 0 Å². The fourth-order valence-corrected chi connectivity index (χ4v) is 2.61. The summed E-state index contributed by atoms with van der Waals surface area (Å²) in [6, 6.07) is 0.565. The van der Waals surface area contributed by atoms with E-state index in [1.165, 1.54) is 19.3 Å². The van der Waals surface area contributed by atoms with Crippen LogP contribution in [0.1, 0.15) is 39.5 Å². The van der Waals surface area contributed by atoms with E-state index in [1.54, 1.807) is 7.05 Å². The van der Waals surface area contributed by atoms with Crippen LogP contribution in [0.15, 0.2) is 0 Å². The fraction of sp³-hybridized carbons (Fsp3) is 0.923. The molecule has 0 saturated carbocycles. The van der Waals surface area contributed by atoms with E-state index in [2.05, 4.69) is 29.4 Å². The van der Waals surface area contributed by atoms with Crippen molar-refractivity contribution in [2.75, 3.05) is 26.7 Å². The number of piperazine rings is 1. The summed E-state index contributed by atoms with van der Waals surface area (Å²) in [7, 11) is 1.72. The molecule has 1 fully saturated rings. The van der Waals surface area contributed by atoms with E-state index in [-0.39, 0.29) is 11.9 Å². The Morgan fingerprint density at radius 2 is 2.29 bits per heavy atom. The minimum absolute atomic E-state index is 0.00977. The van der Waals surface area contributed by atoms with Crippen molar-refractivity contribution in [2.24, 2.45) is 0 Å². The smallest absolute Gasteiger partial charge is 0.238 e. The van der Waals surface area contributed by atoms with Crippen molar-refractivity contribution in [3.63, 3.8) is 0 Å². The summed E-state index contributed by atoms with van der Waals surface area (Å²) >= 11 is 0. The quantitative estimate of drug-likeness (QED) is 0.728. The Labute approximate surface area is 105 Å². The number of rotatable bonds is 6. The third kappa shape index (κ3) is 3.96. The lowest BCUT2D eigenvalue weighted by Gasteiger charge is -2.40. The summed E-state index contributed by atoms with van der Waals surface area (Å²) in [5.74, 6) is 0.146. The van der Waals surface area contributed by atoms with Crippen molar-refractivity contribution in [3.8, 4) is 0 Å². The number of nitrogens with zero attached hydrogens (tertiary/aromatic N) is 1. The molecule has 2 N–H and O–H groups in total. The Morgan fingerprint density at radius 1 is 1.53 bits per heavy atom. The molecule has 1 rings (SSSR count). The van der Waals surface area contributed by atoms with Crippen LogP contribution in [-0.4, -0.2) is 49.6 Å². The Kier molecular flexibility index (Phi) is 6.52. The summed E-state index contributed by atoms with van der Waals surface area (Å²) in [6.07, 6.45) is 4.82. The van der Waals surface area contributed by atoms with Crippen molar-refractivity contribution in [2.45, 2.75) is 51.6 Å². The van der Waals surface area contributed by atoms with Crippen molar-refractivity contribution >= 4 is 5.91 Å². The molecule has 2 atom stereocenters. The van der Waals surface area contributed by atoms with Gasteiger partial charge in [-0.3, -0.25) is 9.69 Å². The molecule has 0 radical (unpaired) electrons. The third-order valence-electron chi connectivity index (χ3n) is 3.67. The van der Waals surface area contributed by atoms with Crippen molar-refractivity contribution < 1.29 is 4.79 Å². The van der Waals surface area contributed by atoms with Gasteiger partial charge in [-0.1, -0.05) is 26.7 Å². The molecule has 1 aliphatic heterocycles. The maximum Gasteiger partial charge on any atom is 0.238 e. The monoisotopic (exact) mass is 241 g/mol. The number of likely N-dealkylation sites (N-methyl/N-ethyl adjacent to an activating group) is 1. The summed E-state index contributed by atoms with van der Waals surface area (Å²) in [6.45, 7) is 7.21. The molecule has 2 unspecified atom stereocenters. The predicted molar refractivity (Wildman–Crippen MR) is 71.0 cm³/mol. The molecular formula is C13H27N3O. The van der Waals surface area contributed by atoms with Crippen LogP contribution in [0, 0.1) is 0 Å². The highest BCUT2D eigenvalue weighted by atomic mass is 16.2. The van der Waals surface area contributed by atoms with Gasteiger partial charge in [0.25, 0.3) is 0 Å². The van der Waals surface area contributed by atoms with Gasteiger partial charge in [-0.05, 0) is 12.8 Å². The summed E-state index contributed by atoms with van der Waals surface area (Å²) in [5, 5.41) is 6.09. The molecule has 4 heteroatoms. The molecule has 1 heterocycles. The number of hydrogen-bond acceptors (Lipinski definition) is 3. The van der Waals surface area contributed by atoms with Gasteiger partial charge < -0.3 is 10.6 Å². The van der Waals surface area contributed by atoms with Gasteiger partial charge in [0.2, 0.25) is 5.91 Å². The molecule has 0 aromatic rings. The largest absolute Gasteiger partial charge is 0.358 e. The number of unbranched alkanes of at least 4 members (excludes halogenated alkanes) is 1. The lowest BCUT2D eigenvalue weighted by Crippen LogP contribution is -2.60. The van der Waals surface area contributed by atoms with E-state index < -0.39 is 0 Å². The Bertz CT molecular complexity index is 233. The Morgan fingerprint density at radius 3 is 2.88 bits per heavy atom. The van der Waals surface area contributed by atoms with E-state index in [4.69, 9.17) is 0 Å². The van der Waals surface area contributed by atoms with Gasteiger partial charge in [0.15, 0.2) is 0 Å². The van der Waals surface area contributed by atoms with Crippen LogP contribution in [0.2, 0.25) is 0 Å². The molecule has 0 spiro atoms. The van der Waals surface area contributed by atoms with E-state index in [9.17, 15) is 4.79 Å². The second-order valence-corrected chi connectivity index (χ2v) is 4.78. The van der Waals surface area contributed by atoms with Crippen molar-refractivity contribution in [1.82, 2.24) is 15.5 Å². The van der Waals surface area contributed by atoms with Gasteiger partial charge in [0, 0.05) is 32.7 Å². The molecule has 0 aliphatic carbocycles. The predicted octanol–water partition coefficient (Wildman–Crippen LogP) is 0.975. The average Bonchev–Trinajstić information content (AvgIpc) is 2.39. The van der Waals surface area contributed by atoms with Crippen molar-refractivity contribution in [1.29, 1.82) is 0 Å². The van der Waals surface area contributed by atoms with Gasteiger partial charge in [-0.25, -0.2) is 0 Å². The second kappa shape index (κ2) is 7.67. The zero-order valence-corrected chi connectivity index (χ0v) is 11.5. The van der Waals surface area contributed by atoms with Crippen LogP contribution in [0.3, 0.4) is 0 Å². The van der Waals surface area contributed by atoms with Crippen LogP contribution in [0.5, 0.6) is 0 Å². The number of nitrogens with one attached hydrogen (secondary N) is 2. The number of amides is 1. The van der Waals surface area contributed by atoms with Crippen LogP contribution < -0.4 is 10.6 Å². The number of carbonyl (C=O) groups excluding carboxylic acids is 1. The first-order valence-electron chi connectivity index (χ1n) is 6.92. The summed E-state index contributed by atoms with van der Waals surface area (Å²) < 4.78 is 0. The zero-order valence-electron chi connectivity index (χ0n) is 11.5. The van der Waals surface area contributed by atoms with Gasteiger partial charge in [0.1, 0.15) is 6.04 Å². The topological polar surface area (TPSA) is 44.4 Å². The first-order valence-corrected chi connectivity index (χ1v) is 6.92. The molecule has 100 valence electrons. The van der Waals surface area contributed by atoms with Crippen molar-refractivity contribution in [3.05, 3.63) is 0 Å². The molecule has 4 nitrogen and oxygen atoms in total. The number of carbonyl (C=O) groups is 1. The summed E-state index contributed by atoms with van der Waals surface area (Å²) in [5.41, 5.74) is 0. The van der Waals surface area contributed by atoms with E-state index in [1.807, 2.05) is 0 Å². The SMILES string of the molecule is CCCCC(CC)N1CCNCC1C(=O)NC. The minimum atomic E-state index is 0.00977. The minimum Gasteiger partial charge on any atom is -0.358 e. The number of hydrogen-bond donors (Lipinski definition) is 2. The highest BCUT2D eigenvalue weighted by Gasteiger charge is 2.31. The molecule has 1 aliphatic rings. The van der Waals surface area contributed by atoms with E-state index in [0.29, 0.717) is 6.04 Å². The lowest BCUT2D eigenvalue weighted by molar-refractivity contribution is -0.127. The third-order valence-corrected chi connectivity index (χ3v) is 3.67. The fourth-order valence-electron chi connectivity index (χ4n) is 2.61. The van der Waals surface area contributed by atoms with E-state index >= 15 is 0 Å². The Hall–Kier alpha value is -0.610. The molecule has 1 amide bonds.